The van der Waals surface area contributed by atoms with E-state index in [4.69, 9.17) is 0 Å². The van der Waals surface area contributed by atoms with Crippen LogP contribution in [-0.2, 0) is 6.54 Å². The molecule has 0 aliphatic rings. The number of aromatic carboxylic acids is 1. The molecule has 0 bridgehead atoms. The van der Waals surface area contributed by atoms with Crippen LogP contribution >= 0.6 is 11.8 Å². The van der Waals surface area contributed by atoms with Crippen LogP contribution in [0.3, 0.4) is 0 Å². The third-order valence-electron chi connectivity index (χ3n) is 2.56. The lowest BCUT2D eigenvalue weighted by Crippen LogP contribution is -2.08. The number of carbonyl (C=O) groups is 1. The Morgan fingerprint density at radius 2 is 2.26 bits per heavy atom. The number of thioether (sulfide) groups is 1. The molecule has 5 nitrogen and oxygen atoms in total. The number of rotatable bonds is 5. The highest BCUT2D eigenvalue weighted by atomic mass is 32.2. The number of carboxylic acid groups (broad SMARTS) is 1. The average Bonchev–Trinajstić information content (AvgIpc) is 2.45. The quantitative estimate of drug-likeness (QED) is 0.817. The lowest BCUT2D eigenvalue weighted by molar-refractivity contribution is 0.0694. The molecule has 0 fully saturated rings. The van der Waals surface area contributed by atoms with Crippen molar-refractivity contribution in [2.24, 2.45) is 0 Å². The van der Waals surface area contributed by atoms with Crippen LogP contribution in [0.2, 0.25) is 0 Å². The standard InChI is InChI=1S/C13H13N3O2S/c1-19-11-4-2-3-10(12(11)13(17)18)15-7-9-5-6-14-8-16-9/h2-6,8,15H,7H2,1H3,(H,17,18). The summed E-state index contributed by atoms with van der Waals surface area (Å²) >= 11 is 1.41. The highest BCUT2D eigenvalue weighted by Crippen LogP contribution is 2.27. The van der Waals surface area contributed by atoms with E-state index in [1.807, 2.05) is 12.3 Å². The summed E-state index contributed by atoms with van der Waals surface area (Å²) in [6.45, 7) is 0.459. The molecule has 0 spiro atoms. The Labute approximate surface area is 115 Å². The van der Waals surface area contributed by atoms with E-state index in [1.54, 1.807) is 24.4 Å². The summed E-state index contributed by atoms with van der Waals surface area (Å²) in [6.07, 6.45) is 4.98. The number of nitrogens with one attached hydrogen (secondary N) is 1. The van der Waals surface area contributed by atoms with Gasteiger partial charge in [0, 0.05) is 11.1 Å². The van der Waals surface area contributed by atoms with Crippen LogP contribution in [0.1, 0.15) is 16.1 Å². The van der Waals surface area contributed by atoms with Crippen molar-refractivity contribution in [1.82, 2.24) is 9.97 Å². The van der Waals surface area contributed by atoms with Crippen molar-refractivity contribution in [2.75, 3.05) is 11.6 Å². The van der Waals surface area contributed by atoms with Crippen molar-refractivity contribution in [3.05, 3.63) is 48.0 Å². The predicted octanol–water partition coefficient (Wildman–Crippen LogP) is 2.51. The van der Waals surface area contributed by atoms with Crippen LogP contribution in [0.15, 0.2) is 41.7 Å². The van der Waals surface area contributed by atoms with Gasteiger partial charge in [-0.1, -0.05) is 6.07 Å². The molecule has 2 rings (SSSR count). The molecule has 19 heavy (non-hydrogen) atoms. The van der Waals surface area contributed by atoms with Crippen molar-refractivity contribution in [3.8, 4) is 0 Å². The van der Waals surface area contributed by atoms with Gasteiger partial charge >= 0.3 is 5.97 Å². The number of aromatic nitrogens is 2. The summed E-state index contributed by atoms with van der Waals surface area (Å²) in [4.78, 5) is 20.0. The van der Waals surface area contributed by atoms with Crippen LogP contribution in [0.5, 0.6) is 0 Å². The van der Waals surface area contributed by atoms with Crippen molar-refractivity contribution in [1.29, 1.82) is 0 Å². The van der Waals surface area contributed by atoms with Crippen molar-refractivity contribution >= 4 is 23.4 Å². The molecular weight excluding hydrogens is 262 g/mol. The fraction of sp³-hybridized carbons (Fsp3) is 0.154. The van der Waals surface area contributed by atoms with Crippen molar-refractivity contribution < 1.29 is 9.90 Å². The molecule has 0 unspecified atom stereocenters. The maximum atomic E-state index is 11.3. The number of anilines is 1. The number of carboxylic acids is 1. The molecule has 0 aliphatic carbocycles. The fourth-order valence-electron chi connectivity index (χ4n) is 1.68. The van der Waals surface area contributed by atoms with E-state index in [2.05, 4.69) is 15.3 Å². The summed E-state index contributed by atoms with van der Waals surface area (Å²) in [5.74, 6) is -0.935. The van der Waals surface area contributed by atoms with E-state index in [1.165, 1.54) is 18.1 Å². The SMILES string of the molecule is CSc1cccc(NCc2ccncn2)c1C(=O)O. The Balaban J connectivity index is 2.23. The number of hydrogen-bond acceptors (Lipinski definition) is 5. The molecule has 1 aromatic carbocycles. The zero-order chi connectivity index (χ0) is 13.7. The molecule has 2 N–H and O–H groups in total. The minimum atomic E-state index is -0.935. The van der Waals surface area contributed by atoms with E-state index >= 15 is 0 Å². The van der Waals surface area contributed by atoms with Gasteiger partial charge in [-0.15, -0.1) is 11.8 Å². The summed E-state index contributed by atoms with van der Waals surface area (Å²) in [5, 5.41) is 12.4. The maximum absolute atomic E-state index is 11.3. The van der Waals surface area contributed by atoms with Gasteiger partial charge in [-0.05, 0) is 24.5 Å². The molecule has 98 valence electrons. The third kappa shape index (κ3) is 3.23. The molecule has 0 saturated carbocycles. The average molecular weight is 275 g/mol. The molecule has 0 saturated heterocycles. The van der Waals surface area contributed by atoms with Crippen LogP contribution in [0.4, 0.5) is 5.69 Å². The molecule has 0 amide bonds. The van der Waals surface area contributed by atoms with Crippen molar-refractivity contribution in [2.45, 2.75) is 11.4 Å². The molecule has 1 aromatic heterocycles. The normalized spacial score (nSPS) is 10.2. The van der Waals surface area contributed by atoms with Gasteiger partial charge in [-0.2, -0.15) is 0 Å². The van der Waals surface area contributed by atoms with Gasteiger partial charge in [0.05, 0.1) is 23.5 Å². The van der Waals surface area contributed by atoms with Gasteiger partial charge in [0.1, 0.15) is 6.33 Å². The summed E-state index contributed by atoms with van der Waals surface area (Å²) in [6, 6.07) is 7.17. The number of hydrogen-bond donors (Lipinski definition) is 2. The second-order valence-electron chi connectivity index (χ2n) is 3.74. The number of benzene rings is 1. The molecule has 0 radical (unpaired) electrons. The maximum Gasteiger partial charge on any atom is 0.338 e. The first-order chi connectivity index (χ1) is 9.22. The fourth-order valence-corrected chi connectivity index (χ4v) is 2.29. The predicted molar refractivity (Wildman–Crippen MR) is 74.5 cm³/mol. The second kappa shape index (κ2) is 6.19. The van der Waals surface area contributed by atoms with Gasteiger partial charge < -0.3 is 10.4 Å². The first-order valence-electron chi connectivity index (χ1n) is 5.61. The van der Waals surface area contributed by atoms with E-state index in [0.29, 0.717) is 17.8 Å². The van der Waals surface area contributed by atoms with Crippen LogP contribution in [0.25, 0.3) is 0 Å². The molecule has 1 heterocycles. The minimum Gasteiger partial charge on any atom is -0.478 e. The molecule has 0 aliphatic heterocycles. The molecule has 6 heteroatoms. The summed E-state index contributed by atoms with van der Waals surface area (Å²) < 4.78 is 0. The Bertz CT molecular complexity index is 575. The van der Waals surface area contributed by atoms with Crippen LogP contribution in [0, 0.1) is 0 Å². The zero-order valence-corrected chi connectivity index (χ0v) is 11.1. The lowest BCUT2D eigenvalue weighted by atomic mass is 10.1. The Morgan fingerprint density at radius 1 is 1.42 bits per heavy atom. The summed E-state index contributed by atoms with van der Waals surface area (Å²) in [7, 11) is 0. The van der Waals surface area contributed by atoms with Crippen LogP contribution < -0.4 is 5.32 Å². The first kappa shape index (κ1) is 13.4. The monoisotopic (exact) mass is 275 g/mol. The Hall–Kier alpha value is -2.08. The highest BCUT2D eigenvalue weighted by molar-refractivity contribution is 7.98. The van der Waals surface area contributed by atoms with Gasteiger partial charge in [0.15, 0.2) is 0 Å². The first-order valence-corrected chi connectivity index (χ1v) is 6.84. The molecule has 0 atom stereocenters. The number of nitrogens with zero attached hydrogens (tertiary/aromatic N) is 2. The molecular formula is C13H13N3O2S. The molecule has 2 aromatic rings. The zero-order valence-electron chi connectivity index (χ0n) is 10.3. The van der Waals surface area contributed by atoms with E-state index in [9.17, 15) is 9.90 Å². The van der Waals surface area contributed by atoms with Gasteiger partial charge in [0.25, 0.3) is 0 Å². The Kier molecular flexibility index (Phi) is 4.35. The second-order valence-corrected chi connectivity index (χ2v) is 4.59. The topological polar surface area (TPSA) is 75.1 Å². The van der Waals surface area contributed by atoms with Gasteiger partial charge in [-0.25, -0.2) is 14.8 Å². The third-order valence-corrected chi connectivity index (χ3v) is 3.34. The van der Waals surface area contributed by atoms with E-state index in [-0.39, 0.29) is 0 Å². The van der Waals surface area contributed by atoms with E-state index < -0.39 is 5.97 Å². The van der Waals surface area contributed by atoms with Crippen molar-refractivity contribution in [3.63, 3.8) is 0 Å². The van der Waals surface area contributed by atoms with Gasteiger partial charge in [0.2, 0.25) is 0 Å². The highest BCUT2D eigenvalue weighted by Gasteiger charge is 2.14. The minimum absolute atomic E-state index is 0.295. The van der Waals surface area contributed by atoms with Gasteiger partial charge in [-0.3, -0.25) is 0 Å². The van der Waals surface area contributed by atoms with Crippen LogP contribution in [-0.4, -0.2) is 27.3 Å². The largest absolute Gasteiger partial charge is 0.478 e. The lowest BCUT2D eigenvalue weighted by Gasteiger charge is -2.11. The summed E-state index contributed by atoms with van der Waals surface area (Å²) in [5.41, 5.74) is 1.70. The Morgan fingerprint density at radius 3 is 2.89 bits per heavy atom. The van der Waals surface area contributed by atoms with E-state index in [0.717, 1.165) is 10.6 Å². The smallest absolute Gasteiger partial charge is 0.338 e.